The first-order valence-electron chi connectivity index (χ1n) is 11.7. The lowest BCUT2D eigenvalue weighted by Gasteiger charge is -2.27. The van der Waals surface area contributed by atoms with Gasteiger partial charge in [-0.05, 0) is 68.3 Å². The highest BCUT2D eigenvalue weighted by molar-refractivity contribution is 7.99. The van der Waals surface area contributed by atoms with Gasteiger partial charge in [-0.3, -0.25) is 10.0 Å². The third-order valence-corrected chi connectivity index (χ3v) is 7.81. The Kier molecular flexibility index (Phi) is 10.5. The Morgan fingerprint density at radius 1 is 1.14 bits per heavy atom. The molecule has 168 valence electrons. The number of rotatable bonds is 14. The summed E-state index contributed by atoms with van der Waals surface area (Å²) in [4.78, 5) is 12.0. The number of hydroxylamine groups is 2. The Balaban J connectivity index is 1.69. The first kappa shape index (κ1) is 24.7. The summed E-state index contributed by atoms with van der Waals surface area (Å²) >= 11 is 2.13. The van der Waals surface area contributed by atoms with Crippen molar-refractivity contribution in [3.05, 3.63) is 12.2 Å². The summed E-state index contributed by atoms with van der Waals surface area (Å²) in [7, 11) is 1.40. The molecule has 29 heavy (non-hydrogen) atoms. The molecule has 2 aliphatic rings. The van der Waals surface area contributed by atoms with Crippen LogP contribution in [0.2, 0.25) is 0 Å². The minimum atomic E-state index is -0.528. The fourth-order valence-corrected chi connectivity index (χ4v) is 5.96. The van der Waals surface area contributed by atoms with Gasteiger partial charge in [0.15, 0.2) is 0 Å². The van der Waals surface area contributed by atoms with Crippen LogP contribution < -0.4 is 0 Å². The Hall–Kier alpha value is -0.520. The van der Waals surface area contributed by atoms with Crippen LogP contribution in [0.4, 0.5) is 0 Å². The lowest BCUT2D eigenvalue weighted by molar-refractivity contribution is -0.169. The molecule has 0 spiro atoms. The second-order valence-electron chi connectivity index (χ2n) is 9.54. The molecule has 0 aliphatic carbocycles. The van der Waals surface area contributed by atoms with E-state index in [2.05, 4.69) is 30.8 Å². The summed E-state index contributed by atoms with van der Waals surface area (Å²) in [6.07, 6.45) is 17.4. The van der Waals surface area contributed by atoms with Crippen LogP contribution in [0.5, 0.6) is 0 Å². The minimum Gasteiger partial charge on any atom is -0.374 e. The molecule has 0 radical (unpaired) electrons. The molecule has 2 heterocycles. The average Bonchev–Trinajstić information content (AvgIpc) is 3.28. The molecule has 0 aromatic carbocycles. The molecule has 0 saturated carbocycles. The van der Waals surface area contributed by atoms with Crippen LogP contribution in [0, 0.1) is 17.3 Å². The van der Waals surface area contributed by atoms with Crippen LogP contribution >= 0.6 is 11.8 Å². The van der Waals surface area contributed by atoms with Gasteiger partial charge in [-0.2, -0.15) is 11.8 Å². The highest BCUT2D eigenvalue weighted by Gasteiger charge is 2.47. The summed E-state index contributed by atoms with van der Waals surface area (Å²) < 4.78 is 6.26. The Morgan fingerprint density at radius 3 is 2.55 bits per heavy atom. The van der Waals surface area contributed by atoms with E-state index in [-0.39, 0.29) is 5.91 Å². The molecule has 0 unspecified atom stereocenters. The van der Waals surface area contributed by atoms with Gasteiger partial charge in [0.05, 0.1) is 12.2 Å². The van der Waals surface area contributed by atoms with Crippen LogP contribution in [0.15, 0.2) is 12.2 Å². The van der Waals surface area contributed by atoms with Crippen molar-refractivity contribution >= 4 is 17.7 Å². The third-order valence-electron chi connectivity index (χ3n) is 6.71. The van der Waals surface area contributed by atoms with Crippen LogP contribution in [-0.2, 0) is 9.53 Å². The van der Waals surface area contributed by atoms with Crippen molar-refractivity contribution < 1.29 is 14.7 Å². The number of carbonyl (C=O) groups is 1. The number of unbranched alkanes of at least 4 members (excludes halogenated alkanes) is 3. The first-order chi connectivity index (χ1) is 13.9. The molecule has 2 saturated heterocycles. The molecule has 2 aliphatic heterocycles. The van der Waals surface area contributed by atoms with E-state index < -0.39 is 5.41 Å². The predicted molar refractivity (Wildman–Crippen MR) is 122 cm³/mol. The molecule has 4 nitrogen and oxygen atoms in total. The standard InChI is InChI=1S/C24H43NO3S/c1-5-6-7-11-17-29-18-15-20-19(21-13-14-22(20)28-21)12-9-8-10-16-24(2,3)23(26)25(4)27/h8-9,19-22,27H,5-7,10-18H2,1-4H3/b9-8-/t19-,20+,21-,22+/m0/s1. The van der Waals surface area contributed by atoms with Gasteiger partial charge in [0, 0.05) is 12.5 Å². The fourth-order valence-electron chi connectivity index (χ4n) is 4.91. The topological polar surface area (TPSA) is 49.8 Å². The molecular weight excluding hydrogens is 382 g/mol. The van der Waals surface area contributed by atoms with Crippen molar-refractivity contribution in [3.63, 3.8) is 0 Å². The maximum Gasteiger partial charge on any atom is 0.251 e. The van der Waals surface area contributed by atoms with Crippen molar-refractivity contribution in [3.8, 4) is 0 Å². The second-order valence-corrected chi connectivity index (χ2v) is 10.8. The molecule has 1 amide bonds. The number of amides is 1. The van der Waals surface area contributed by atoms with Gasteiger partial charge in [0.2, 0.25) is 0 Å². The van der Waals surface area contributed by atoms with E-state index in [1.807, 2.05) is 13.8 Å². The zero-order chi connectivity index (χ0) is 21.3. The molecule has 5 heteroatoms. The minimum absolute atomic E-state index is 0.223. The predicted octanol–water partition coefficient (Wildman–Crippen LogP) is 6.08. The summed E-state index contributed by atoms with van der Waals surface area (Å²) in [5, 5.41) is 10.1. The maximum absolute atomic E-state index is 12.0. The molecule has 2 rings (SSSR count). The van der Waals surface area contributed by atoms with E-state index in [1.165, 1.54) is 63.5 Å². The largest absolute Gasteiger partial charge is 0.374 e. The van der Waals surface area contributed by atoms with Gasteiger partial charge in [0.1, 0.15) is 0 Å². The van der Waals surface area contributed by atoms with E-state index in [4.69, 9.17) is 4.74 Å². The first-order valence-corrected chi connectivity index (χ1v) is 12.9. The Bertz CT molecular complexity index is 520. The molecule has 2 bridgehead atoms. The highest BCUT2D eigenvalue weighted by atomic mass is 32.2. The summed E-state index contributed by atoms with van der Waals surface area (Å²) in [5.74, 6) is 3.75. The van der Waals surface area contributed by atoms with Crippen molar-refractivity contribution in [2.24, 2.45) is 17.3 Å². The number of ether oxygens (including phenoxy) is 1. The van der Waals surface area contributed by atoms with Gasteiger partial charge in [-0.1, -0.05) is 52.2 Å². The summed E-state index contributed by atoms with van der Waals surface area (Å²) in [5.41, 5.74) is -0.528. The highest BCUT2D eigenvalue weighted by Crippen LogP contribution is 2.47. The van der Waals surface area contributed by atoms with E-state index in [0.717, 1.165) is 25.2 Å². The quantitative estimate of drug-likeness (QED) is 0.158. The second kappa shape index (κ2) is 12.4. The van der Waals surface area contributed by atoms with Crippen molar-refractivity contribution in [2.45, 2.75) is 97.2 Å². The maximum atomic E-state index is 12.0. The molecule has 2 fully saturated rings. The fraction of sp³-hybridized carbons (Fsp3) is 0.875. The van der Waals surface area contributed by atoms with Crippen LogP contribution in [0.1, 0.15) is 85.0 Å². The summed E-state index contributed by atoms with van der Waals surface area (Å²) in [6.45, 7) is 6.07. The molecular formula is C24H43NO3S. The molecule has 4 atom stereocenters. The number of fused-ring (bicyclic) bond motifs is 2. The number of carbonyl (C=O) groups excluding carboxylic acids is 1. The van der Waals surface area contributed by atoms with Gasteiger partial charge in [0.25, 0.3) is 5.91 Å². The van der Waals surface area contributed by atoms with Crippen molar-refractivity contribution in [1.29, 1.82) is 0 Å². The van der Waals surface area contributed by atoms with Crippen LogP contribution in [0.25, 0.3) is 0 Å². The number of nitrogens with zero attached hydrogens (tertiary/aromatic N) is 1. The lowest BCUT2D eigenvalue weighted by Crippen LogP contribution is -2.36. The zero-order valence-corrected chi connectivity index (χ0v) is 19.9. The van der Waals surface area contributed by atoms with Gasteiger partial charge >= 0.3 is 0 Å². The van der Waals surface area contributed by atoms with E-state index in [1.54, 1.807) is 0 Å². The van der Waals surface area contributed by atoms with Gasteiger partial charge in [-0.25, -0.2) is 5.06 Å². The molecule has 1 N–H and O–H groups in total. The number of hydrogen-bond acceptors (Lipinski definition) is 4. The Labute approximate surface area is 182 Å². The Morgan fingerprint density at radius 2 is 1.86 bits per heavy atom. The normalized spacial score (nSPS) is 26.5. The lowest BCUT2D eigenvalue weighted by atomic mass is 9.76. The van der Waals surface area contributed by atoms with Crippen LogP contribution in [-0.4, -0.2) is 46.9 Å². The zero-order valence-electron chi connectivity index (χ0n) is 19.1. The number of allylic oxidation sites excluding steroid dienone is 2. The third kappa shape index (κ3) is 7.59. The number of thioether (sulfide) groups is 1. The van der Waals surface area contributed by atoms with Crippen molar-refractivity contribution in [2.75, 3.05) is 18.6 Å². The number of hydrogen-bond donors (Lipinski definition) is 1. The smallest absolute Gasteiger partial charge is 0.251 e. The monoisotopic (exact) mass is 425 g/mol. The van der Waals surface area contributed by atoms with Gasteiger partial charge < -0.3 is 4.74 Å². The molecule has 0 aromatic heterocycles. The summed E-state index contributed by atoms with van der Waals surface area (Å²) in [6, 6.07) is 0. The molecule has 0 aromatic rings. The van der Waals surface area contributed by atoms with Crippen molar-refractivity contribution in [1.82, 2.24) is 5.06 Å². The van der Waals surface area contributed by atoms with E-state index in [9.17, 15) is 10.0 Å². The van der Waals surface area contributed by atoms with E-state index >= 15 is 0 Å². The van der Waals surface area contributed by atoms with Gasteiger partial charge in [-0.15, -0.1) is 0 Å². The SMILES string of the molecule is CCCCCCSCC[C@@H]1[C@H](C/C=C\CCC(C)(C)C(=O)N(C)O)[C@@H]2CC[C@H]1O2. The average molecular weight is 426 g/mol. The van der Waals surface area contributed by atoms with E-state index in [0.29, 0.717) is 23.2 Å². The van der Waals surface area contributed by atoms with Crippen LogP contribution in [0.3, 0.4) is 0 Å².